The van der Waals surface area contributed by atoms with Crippen molar-refractivity contribution in [1.29, 1.82) is 0 Å². The number of alkyl halides is 1. The molecule has 1 aliphatic carbocycles. The van der Waals surface area contributed by atoms with E-state index in [-0.39, 0.29) is 19.0 Å². The van der Waals surface area contributed by atoms with Crippen LogP contribution in [0.25, 0.3) is 0 Å². The van der Waals surface area contributed by atoms with Crippen LogP contribution in [0.15, 0.2) is 21.9 Å². The summed E-state index contributed by atoms with van der Waals surface area (Å²) in [6, 6.07) is 0.473. The van der Waals surface area contributed by atoms with Crippen molar-refractivity contribution in [2.45, 2.75) is 44.0 Å². The molecule has 2 atom stereocenters. The van der Waals surface area contributed by atoms with Crippen molar-refractivity contribution in [3.63, 3.8) is 0 Å². The third kappa shape index (κ3) is 5.35. The highest BCUT2D eigenvalue weighted by Crippen LogP contribution is 2.22. The quantitative estimate of drug-likeness (QED) is 0.530. The standard InChI is InChI=1S/C15H25ClN6.H2O.H2S/c1-12-6-7-19-15-20-21(11-22(12)15)10-17-8-9-18-14-5-3-2-4-13(14)16;;/h6-7,13-14,17-18H,2-5,8-11H2,1H3;2*1H2. The lowest BCUT2D eigenvalue weighted by atomic mass is 9.95. The molecule has 0 radical (unpaired) electrons. The molecule has 24 heavy (non-hydrogen) atoms. The topological polar surface area (TPSA) is 86.8 Å². The first-order valence-electron chi connectivity index (χ1n) is 8.14. The first-order valence-corrected chi connectivity index (χ1v) is 8.58. The van der Waals surface area contributed by atoms with Crippen LogP contribution in [0, 0.1) is 0 Å². The highest BCUT2D eigenvalue weighted by molar-refractivity contribution is 7.59. The van der Waals surface area contributed by atoms with E-state index in [9.17, 15) is 0 Å². The molecule has 0 amide bonds. The molecule has 3 aliphatic rings. The van der Waals surface area contributed by atoms with Gasteiger partial charge in [0.05, 0.1) is 6.67 Å². The third-order valence-corrected chi connectivity index (χ3v) is 4.92. The maximum atomic E-state index is 6.35. The maximum Gasteiger partial charge on any atom is 0.248 e. The lowest BCUT2D eigenvalue weighted by Gasteiger charge is -2.28. The third-order valence-electron chi connectivity index (χ3n) is 4.39. The summed E-state index contributed by atoms with van der Waals surface area (Å²) in [5.74, 6) is 0.784. The first-order chi connectivity index (χ1) is 10.7. The Labute approximate surface area is 155 Å². The molecule has 1 fully saturated rings. The molecule has 9 heteroatoms. The van der Waals surface area contributed by atoms with E-state index >= 15 is 0 Å². The van der Waals surface area contributed by atoms with Crippen LogP contribution in [0.1, 0.15) is 32.6 Å². The van der Waals surface area contributed by atoms with Gasteiger partial charge in [0.2, 0.25) is 5.96 Å². The van der Waals surface area contributed by atoms with Gasteiger partial charge < -0.3 is 10.8 Å². The van der Waals surface area contributed by atoms with Crippen molar-refractivity contribution in [2.24, 2.45) is 10.1 Å². The van der Waals surface area contributed by atoms with E-state index in [1.54, 1.807) is 6.21 Å². The number of aliphatic imine (C=N–C) groups is 1. The van der Waals surface area contributed by atoms with Gasteiger partial charge in [0.25, 0.3) is 0 Å². The Morgan fingerprint density at radius 1 is 1.29 bits per heavy atom. The van der Waals surface area contributed by atoms with Crippen LogP contribution in [-0.2, 0) is 0 Å². The van der Waals surface area contributed by atoms with Crippen LogP contribution in [0.4, 0.5) is 0 Å². The fraction of sp³-hybridized carbons (Fsp3) is 0.733. The molecule has 4 N–H and O–H groups in total. The lowest BCUT2D eigenvalue weighted by Crippen LogP contribution is -2.43. The number of halogens is 1. The van der Waals surface area contributed by atoms with Crippen molar-refractivity contribution in [2.75, 3.05) is 26.4 Å². The van der Waals surface area contributed by atoms with Gasteiger partial charge in [-0.1, -0.05) is 12.8 Å². The minimum Gasteiger partial charge on any atom is -0.412 e. The minimum atomic E-state index is 0. The number of nitrogens with one attached hydrogen (secondary N) is 2. The van der Waals surface area contributed by atoms with Crippen LogP contribution in [0.2, 0.25) is 0 Å². The normalized spacial score (nSPS) is 25.4. The molecule has 0 bridgehead atoms. The SMILES string of the molecule is CC1=CC=NC2=NN(CNCCNC3CCCCC3Cl)CN12.O.S. The molecule has 3 rings (SSSR count). The zero-order chi connectivity index (χ0) is 15.4. The average Bonchev–Trinajstić information content (AvgIpc) is 2.93. The second-order valence-corrected chi connectivity index (χ2v) is 6.64. The van der Waals surface area contributed by atoms with Crippen LogP contribution in [0.5, 0.6) is 0 Å². The van der Waals surface area contributed by atoms with Crippen LogP contribution in [0.3, 0.4) is 0 Å². The molecule has 0 spiro atoms. The second kappa shape index (κ2) is 10.2. The second-order valence-electron chi connectivity index (χ2n) is 6.08. The molecule has 0 aromatic carbocycles. The number of hydrogen-bond donors (Lipinski definition) is 2. The zero-order valence-corrected chi connectivity index (χ0v) is 15.9. The maximum absolute atomic E-state index is 6.35. The van der Waals surface area contributed by atoms with Gasteiger partial charge in [-0.05, 0) is 25.8 Å². The van der Waals surface area contributed by atoms with Gasteiger partial charge in [-0.25, -0.2) is 4.99 Å². The Morgan fingerprint density at radius 2 is 2.08 bits per heavy atom. The van der Waals surface area contributed by atoms with Crippen LogP contribution >= 0.6 is 25.1 Å². The smallest absolute Gasteiger partial charge is 0.248 e. The van der Waals surface area contributed by atoms with Crippen LogP contribution in [-0.4, -0.2) is 65.4 Å². The molecular formula is C15H29ClN6OS. The average molecular weight is 377 g/mol. The van der Waals surface area contributed by atoms with Crippen molar-refractivity contribution >= 4 is 37.3 Å². The lowest BCUT2D eigenvalue weighted by molar-refractivity contribution is 0.236. The Morgan fingerprint density at radius 3 is 2.83 bits per heavy atom. The number of fused-ring (bicyclic) bond motifs is 1. The summed E-state index contributed by atoms with van der Waals surface area (Å²) < 4.78 is 0. The summed E-state index contributed by atoms with van der Waals surface area (Å²) in [6.07, 6.45) is 8.72. The van der Waals surface area contributed by atoms with Crippen molar-refractivity contribution in [3.8, 4) is 0 Å². The Kier molecular flexibility index (Phi) is 9.07. The predicted molar refractivity (Wildman–Crippen MR) is 105 cm³/mol. The molecule has 1 saturated carbocycles. The summed E-state index contributed by atoms with van der Waals surface area (Å²) in [5, 5.41) is 13.8. The number of guanidine groups is 1. The highest BCUT2D eigenvalue weighted by Gasteiger charge is 2.25. The molecule has 7 nitrogen and oxygen atoms in total. The molecule has 2 aliphatic heterocycles. The Bertz CT molecular complexity index is 487. The fourth-order valence-corrected chi connectivity index (χ4v) is 3.43. The number of rotatable bonds is 6. The van der Waals surface area contributed by atoms with Gasteiger partial charge in [0.15, 0.2) is 0 Å². The van der Waals surface area contributed by atoms with E-state index in [4.69, 9.17) is 11.6 Å². The van der Waals surface area contributed by atoms with E-state index in [0.717, 1.165) is 38.8 Å². The van der Waals surface area contributed by atoms with Crippen LogP contribution < -0.4 is 10.6 Å². The van der Waals surface area contributed by atoms with Gasteiger partial charge in [-0.2, -0.15) is 13.5 Å². The zero-order valence-electron chi connectivity index (χ0n) is 14.1. The van der Waals surface area contributed by atoms with E-state index in [2.05, 4.69) is 32.6 Å². The Hall–Kier alpha value is -0.800. The molecule has 138 valence electrons. The molecule has 0 aromatic heterocycles. The van der Waals surface area contributed by atoms with Gasteiger partial charge >= 0.3 is 0 Å². The summed E-state index contributed by atoms with van der Waals surface area (Å²) in [4.78, 5) is 6.40. The summed E-state index contributed by atoms with van der Waals surface area (Å²) in [5.41, 5.74) is 1.18. The molecular weight excluding hydrogens is 348 g/mol. The van der Waals surface area contributed by atoms with Gasteiger partial charge in [-0.3, -0.25) is 15.2 Å². The fourth-order valence-electron chi connectivity index (χ4n) is 3.06. The number of allylic oxidation sites excluding steroid dienone is 2. The van der Waals surface area contributed by atoms with Gasteiger partial charge in [-0.15, -0.1) is 16.7 Å². The summed E-state index contributed by atoms with van der Waals surface area (Å²) in [6.45, 7) is 5.44. The summed E-state index contributed by atoms with van der Waals surface area (Å²) in [7, 11) is 0. The van der Waals surface area contributed by atoms with E-state index in [1.807, 2.05) is 11.1 Å². The van der Waals surface area contributed by atoms with E-state index in [1.165, 1.54) is 25.0 Å². The molecule has 2 heterocycles. The largest absolute Gasteiger partial charge is 0.412 e. The van der Waals surface area contributed by atoms with Gasteiger partial charge in [0, 0.05) is 36.4 Å². The highest BCUT2D eigenvalue weighted by atomic mass is 35.5. The number of hydrogen-bond acceptors (Lipinski definition) is 6. The van der Waals surface area contributed by atoms with Gasteiger partial charge in [0.1, 0.15) is 6.67 Å². The van der Waals surface area contributed by atoms with Crippen molar-refractivity contribution < 1.29 is 5.48 Å². The monoisotopic (exact) mass is 376 g/mol. The Balaban J connectivity index is 0.00000144. The predicted octanol–water partition coefficient (Wildman–Crippen LogP) is 0.795. The minimum absolute atomic E-state index is 0. The summed E-state index contributed by atoms with van der Waals surface area (Å²) >= 11 is 6.35. The molecule has 0 aromatic rings. The number of hydrazone groups is 1. The van der Waals surface area contributed by atoms with E-state index < -0.39 is 0 Å². The van der Waals surface area contributed by atoms with Crippen molar-refractivity contribution in [3.05, 3.63) is 11.8 Å². The number of nitrogens with zero attached hydrogens (tertiary/aromatic N) is 4. The van der Waals surface area contributed by atoms with E-state index in [0.29, 0.717) is 11.4 Å². The first kappa shape index (κ1) is 21.2. The van der Waals surface area contributed by atoms with Crippen molar-refractivity contribution in [1.82, 2.24) is 20.5 Å². The molecule has 2 unspecified atom stereocenters. The molecule has 0 saturated heterocycles.